The average molecular weight is 285 g/mol. The molecule has 0 aromatic heterocycles. The van der Waals surface area contributed by atoms with E-state index in [2.05, 4.69) is 10.5 Å². The van der Waals surface area contributed by atoms with E-state index in [1.54, 1.807) is 23.1 Å². The number of amides is 2. The lowest BCUT2D eigenvalue weighted by Gasteiger charge is -2.20. The van der Waals surface area contributed by atoms with E-state index in [1.807, 2.05) is 13.8 Å². The first-order chi connectivity index (χ1) is 9.03. The maximum Gasteiger partial charge on any atom is 0.321 e. The van der Waals surface area contributed by atoms with E-state index in [0.717, 1.165) is 0 Å². The lowest BCUT2D eigenvalue weighted by molar-refractivity contribution is 0.217. The predicted octanol–water partition coefficient (Wildman–Crippen LogP) is 2.31. The van der Waals surface area contributed by atoms with E-state index in [-0.39, 0.29) is 11.9 Å². The number of urea groups is 1. The van der Waals surface area contributed by atoms with Crippen LogP contribution in [0.25, 0.3) is 0 Å². The van der Waals surface area contributed by atoms with Gasteiger partial charge in [-0.05, 0) is 32.0 Å². The van der Waals surface area contributed by atoms with Gasteiger partial charge in [0.05, 0.1) is 5.69 Å². The second kappa shape index (κ2) is 6.84. The number of halogens is 1. The van der Waals surface area contributed by atoms with Crippen LogP contribution >= 0.6 is 11.6 Å². The van der Waals surface area contributed by atoms with Crippen molar-refractivity contribution in [3.8, 4) is 0 Å². The fraction of sp³-hybridized carbons (Fsp3) is 0.333. The summed E-state index contributed by atoms with van der Waals surface area (Å²) in [5.41, 5.74) is 6.37. The van der Waals surface area contributed by atoms with Crippen LogP contribution in [0.1, 0.15) is 19.4 Å². The Labute approximate surface area is 116 Å². The Morgan fingerprint density at radius 3 is 2.63 bits per heavy atom. The highest BCUT2D eigenvalue weighted by Gasteiger charge is 2.14. The van der Waals surface area contributed by atoms with Gasteiger partial charge in [0.1, 0.15) is 0 Å². The van der Waals surface area contributed by atoms with Crippen LogP contribution < -0.4 is 11.1 Å². The Bertz CT molecular complexity index is 487. The highest BCUT2D eigenvalue weighted by atomic mass is 35.5. The monoisotopic (exact) mass is 284 g/mol. The van der Waals surface area contributed by atoms with Crippen molar-refractivity contribution in [3.05, 3.63) is 28.8 Å². The molecule has 0 fully saturated rings. The van der Waals surface area contributed by atoms with Gasteiger partial charge in [-0.15, -0.1) is 0 Å². The van der Waals surface area contributed by atoms with Crippen molar-refractivity contribution in [2.75, 3.05) is 18.4 Å². The van der Waals surface area contributed by atoms with Gasteiger partial charge in [0.25, 0.3) is 0 Å². The summed E-state index contributed by atoms with van der Waals surface area (Å²) >= 11 is 5.89. The quantitative estimate of drug-likeness (QED) is 0.343. The minimum absolute atomic E-state index is 0.0912. The summed E-state index contributed by atoms with van der Waals surface area (Å²) in [6.07, 6.45) is 0. The number of benzene rings is 1. The van der Waals surface area contributed by atoms with Gasteiger partial charge in [-0.2, -0.15) is 0 Å². The van der Waals surface area contributed by atoms with Crippen molar-refractivity contribution >= 4 is 29.2 Å². The van der Waals surface area contributed by atoms with Gasteiger partial charge in [-0.25, -0.2) is 4.79 Å². The van der Waals surface area contributed by atoms with Gasteiger partial charge >= 0.3 is 6.03 Å². The van der Waals surface area contributed by atoms with E-state index in [1.165, 1.54) is 0 Å². The van der Waals surface area contributed by atoms with Gasteiger partial charge in [0.2, 0.25) is 0 Å². The van der Waals surface area contributed by atoms with Crippen LogP contribution in [0.4, 0.5) is 10.5 Å². The number of hydrogen-bond acceptors (Lipinski definition) is 3. The standard InChI is InChI=1S/C12H17ClN4O2/c1-3-17(4-2)12(18)15-10-7-8(13)5-6-9(10)11(14)16-19/h5-7,19H,3-4H2,1-2H3,(H2,14,16)(H,15,18). The van der Waals surface area contributed by atoms with Crippen LogP contribution in [0, 0.1) is 0 Å². The van der Waals surface area contributed by atoms with E-state index in [9.17, 15) is 4.79 Å². The molecule has 104 valence electrons. The Kier molecular flexibility index (Phi) is 5.44. The molecule has 2 amide bonds. The first kappa shape index (κ1) is 15.1. The molecule has 0 aliphatic heterocycles. The van der Waals surface area contributed by atoms with Gasteiger partial charge < -0.3 is 21.2 Å². The third-order valence-electron chi connectivity index (χ3n) is 2.66. The highest BCUT2D eigenvalue weighted by Crippen LogP contribution is 2.21. The lowest BCUT2D eigenvalue weighted by atomic mass is 10.1. The zero-order valence-corrected chi connectivity index (χ0v) is 11.6. The molecule has 1 aromatic rings. The number of nitrogens with two attached hydrogens (primary N) is 1. The summed E-state index contributed by atoms with van der Waals surface area (Å²) in [7, 11) is 0. The summed E-state index contributed by atoms with van der Waals surface area (Å²) in [5.74, 6) is -0.0912. The van der Waals surface area contributed by atoms with E-state index >= 15 is 0 Å². The molecule has 7 heteroatoms. The number of carbonyl (C=O) groups excluding carboxylic acids is 1. The van der Waals surface area contributed by atoms with Crippen LogP contribution in [-0.2, 0) is 0 Å². The fourth-order valence-corrected chi connectivity index (χ4v) is 1.77. The molecule has 0 unspecified atom stereocenters. The van der Waals surface area contributed by atoms with Crippen LogP contribution in [0.3, 0.4) is 0 Å². The molecule has 4 N–H and O–H groups in total. The number of rotatable bonds is 4. The van der Waals surface area contributed by atoms with Crippen molar-refractivity contribution in [1.82, 2.24) is 4.90 Å². The Hall–Kier alpha value is -1.95. The molecular weight excluding hydrogens is 268 g/mol. The van der Waals surface area contributed by atoms with Gasteiger partial charge in [-0.1, -0.05) is 16.8 Å². The van der Waals surface area contributed by atoms with Gasteiger partial charge in [0.15, 0.2) is 5.84 Å². The largest absolute Gasteiger partial charge is 0.409 e. The second-order valence-electron chi connectivity index (χ2n) is 3.78. The summed E-state index contributed by atoms with van der Waals surface area (Å²) in [6.45, 7) is 4.93. The molecule has 0 bridgehead atoms. The molecular formula is C12H17ClN4O2. The minimum atomic E-state index is -0.265. The predicted molar refractivity (Wildman–Crippen MR) is 75.9 cm³/mol. The smallest absolute Gasteiger partial charge is 0.321 e. The molecule has 0 spiro atoms. The molecule has 0 atom stereocenters. The summed E-state index contributed by atoms with van der Waals surface area (Å²) in [4.78, 5) is 13.6. The van der Waals surface area contributed by atoms with Crippen LogP contribution in [0.2, 0.25) is 5.02 Å². The summed E-state index contributed by atoms with van der Waals surface area (Å²) < 4.78 is 0. The van der Waals surface area contributed by atoms with Crippen LogP contribution in [0.5, 0.6) is 0 Å². The molecule has 0 saturated heterocycles. The van der Waals surface area contributed by atoms with E-state index in [0.29, 0.717) is 29.4 Å². The number of nitrogens with one attached hydrogen (secondary N) is 1. The number of oxime groups is 1. The Balaban J connectivity index is 3.05. The highest BCUT2D eigenvalue weighted by molar-refractivity contribution is 6.31. The molecule has 0 radical (unpaired) electrons. The topological polar surface area (TPSA) is 91.0 Å². The SMILES string of the molecule is CCN(CC)C(=O)Nc1cc(Cl)ccc1C(N)=NO. The van der Waals surface area contributed by atoms with Crippen molar-refractivity contribution in [3.63, 3.8) is 0 Å². The molecule has 0 aliphatic rings. The third-order valence-corrected chi connectivity index (χ3v) is 2.89. The fourth-order valence-electron chi connectivity index (χ4n) is 1.60. The third kappa shape index (κ3) is 3.75. The van der Waals surface area contributed by atoms with Crippen LogP contribution in [-0.4, -0.2) is 35.1 Å². The molecule has 6 nitrogen and oxygen atoms in total. The minimum Gasteiger partial charge on any atom is -0.409 e. The van der Waals surface area contributed by atoms with Crippen molar-refractivity contribution in [1.29, 1.82) is 0 Å². The molecule has 0 aliphatic carbocycles. The van der Waals surface area contributed by atoms with E-state index < -0.39 is 0 Å². The summed E-state index contributed by atoms with van der Waals surface area (Å²) in [6, 6.07) is 4.47. The molecule has 19 heavy (non-hydrogen) atoms. The lowest BCUT2D eigenvalue weighted by Crippen LogP contribution is -2.35. The number of hydrogen-bond donors (Lipinski definition) is 3. The normalized spacial score (nSPS) is 11.2. The van der Waals surface area contributed by atoms with Crippen molar-refractivity contribution in [2.45, 2.75) is 13.8 Å². The number of carbonyl (C=O) groups is 1. The first-order valence-corrected chi connectivity index (χ1v) is 6.24. The van der Waals surface area contributed by atoms with Gasteiger partial charge in [0, 0.05) is 23.7 Å². The Morgan fingerprint density at radius 1 is 1.47 bits per heavy atom. The molecule has 0 saturated carbocycles. The summed E-state index contributed by atoms with van der Waals surface area (Å²) in [5, 5.41) is 14.8. The maximum atomic E-state index is 12.0. The van der Waals surface area contributed by atoms with E-state index in [4.69, 9.17) is 22.5 Å². The molecule has 1 rings (SSSR count). The van der Waals surface area contributed by atoms with Crippen molar-refractivity contribution < 1.29 is 10.0 Å². The maximum absolute atomic E-state index is 12.0. The van der Waals surface area contributed by atoms with Gasteiger partial charge in [-0.3, -0.25) is 0 Å². The second-order valence-corrected chi connectivity index (χ2v) is 4.21. The van der Waals surface area contributed by atoms with Crippen LogP contribution in [0.15, 0.2) is 23.4 Å². The number of amidine groups is 1. The number of nitrogens with zero attached hydrogens (tertiary/aromatic N) is 2. The number of anilines is 1. The molecule has 1 aromatic carbocycles. The molecule has 0 heterocycles. The first-order valence-electron chi connectivity index (χ1n) is 5.86. The average Bonchev–Trinajstić information content (AvgIpc) is 2.39. The zero-order valence-electron chi connectivity index (χ0n) is 10.9. The Morgan fingerprint density at radius 2 is 2.11 bits per heavy atom. The van der Waals surface area contributed by atoms with Crippen molar-refractivity contribution in [2.24, 2.45) is 10.9 Å². The zero-order chi connectivity index (χ0) is 14.4.